The van der Waals surface area contributed by atoms with Gasteiger partial charge >= 0.3 is 0 Å². The first-order valence-electron chi connectivity index (χ1n) is 9.61. The van der Waals surface area contributed by atoms with Gasteiger partial charge < -0.3 is 15.0 Å². The first-order chi connectivity index (χ1) is 14.9. The molecule has 4 rings (SSSR count). The molecule has 1 fully saturated rings. The summed E-state index contributed by atoms with van der Waals surface area (Å²) in [6.07, 6.45) is 1.51. The fourth-order valence-corrected chi connectivity index (χ4v) is 4.13. The third kappa shape index (κ3) is 5.09. The first-order valence-corrected chi connectivity index (χ1v) is 10.8. The van der Waals surface area contributed by atoms with E-state index >= 15 is 0 Å². The van der Waals surface area contributed by atoms with Gasteiger partial charge in [-0.05, 0) is 25.2 Å². The molecule has 0 atom stereocenters. The van der Waals surface area contributed by atoms with Crippen molar-refractivity contribution < 1.29 is 18.3 Å². The number of thiazole rings is 1. The minimum Gasteiger partial charge on any atom is -0.483 e. The van der Waals surface area contributed by atoms with Gasteiger partial charge in [-0.15, -0.1) is 0 Å². The first kappa shape index (κ1) is 21.8. The Morgan fingerprint density at radius 3 is 2.84 bits per heavy atom. The minimum absolute atomic E-state index is 0.0520. The summed E-state index contributed by atoms with van der Waals surface area (Å²) in [6, 6.07) is 3.85. The molecule has 1 aromatic carbocycles. The smallest absolute Gasteiger partial charge is 0.258 e. The zero-order chi connectivity index (χ0) is 22.0. The van der Waals surface area contributed by atoms with E-state index in [1.165, 1.54) is 17.5 Å². The number of aromatic nitrogens is 2. The van der Waals surface area contributed by atoms with Crippen LogP contribution in [0.25, 0.3) is 10.3 Å². The topological polar surface area (TPSA) is 70.6 Å². The van der Waals surface area contributed by atoms with Crippen LogP contribution in [0.15, 0.2) is 24.4 Å². The van der Waals surface area contributed by atoms with Crippen molar-refractivity contribution >= 4 is 39.2 Å². The monoisotopic (exact) mass is 467 g/mol. The van der Waals surface area contributed by atoms with Crippen LogP contribution in [0.3, 0.4) is 0 Å². The van der Waals surface area contributed by atoms with E-state index in [1.54, 1.807) is 6.07 Å². The quantitative estimate of drug-likeness (QED) is 0.600. The summed E-state index contributed by atoms with van der Waals surface area (Å²) in [5.74, 6) is -3.03. The molecule has 11 heteroatoms. The van der Waals surface area contributed by atoms with Gasteiger partial charge in [0.2, 0.25) is 0 Å². The number of amides is 1. The van der Waals surface area contributed by atoms with Gasteiger partial charge in [0, 0.05) is 32.4 Å². The zero-order valence-corrected chi connectivity index (χ0v) is 18.3. The fourth-order valence-electron chi connectivity index (χ4n) is 3.18. The second kappa shape index (κ2) is 9.39. The standard InChI is InChI=1S/C20H20ClF2N5O2S/c1-27-4-6-28(7-5-27)11-25-19(29)17-13(22)2-3-15(18(17)23)30-10-16-26-14-8-12(21)9-24-20(14)31-16/h2-3,8-9H,4-7,10-11H2,1H3,(H,25,29). The van der Waals surface area contributed by atoms with Crippen molar-refractivity contribution in [1.29, 1.82) is 0 Å². The van der Waals surface area contributed by atoms with Crippen molar-refractivity contribution in [2.75, 3.05) is 39.9 Å². The molecule has 2 aromatic heterocycles. The summed E-state index contributed by atoms with van der Waals surface area (Å²) in [4.78, 5) is 25.8. The van der Waals surface area contributed by atoms with E-state index in [0.717, 1.165) is 38.3 Å². The average molecular weight is 468 g/mol. The highest BCUT2D eigenvalue weighted by Crippen LogP contribution is 2.27. The lowest BCUT2D eigenvalue weighted by molar-refractivity contribution is 0.0880. The number of pyridine rings is 1. The largest absolute Gasteiger partial charge is 0.483 e. The van der Waals surface area contributed by atoms with E-state index in [4.69, 9.17) is 16.3 Å². The van der Waals surface area contributed by atoms with Gasteiger partial charge in [0.1, 0.15) is 33.3 Å². The number of carbonyl (C=O) groups excluding carboxylic acids is 1. The van der Waals surface area contributed by atoms with Gasteiger partial charge in [-0.2, -0.15) is 0 Å². The summed E-state index contributed by atoms with van der Waals surface area (Å²) in [5.41, 5.74) is -0.0518. The molecular formula is C20H20ClF2N5O2S. The second-order valence-corrected chi connectivity index (χ2v) is 8.69. The van der Waals surface area contributed by atoms with Crippen LogP contribution in [0.5, 0.6) is 5.75 Å². The Bertz CT molecular complexity index is 1100. The van der Waals surface area contributed by atoms with Gasteiger partial charge in [0.25, 0.3) is 5.91 Å². The maximum absolute atomic E-state index is 14.9. The van der Waals surface area contributed by atoms with Crippen molar-refractivity contribution in [3.63, 3.8) is 0 Å². The number of benzene rings is 1. The van der Waals surface area contributed by atoms with Crippen molar-refractivity contribution in [2.24, 2.45) is 0 Å². The lowest BCUT2D eigenvalue weighted by Gasteiger charge is -2.32. The molecular weight excluding hydrogens is 448 g/mol. The molecule has 7 nitrogen and oxygen atoms in total. The number of nitrogens with zero attached hydrogens (tertiary/aromatic N) is 4. The number of piperazine rings is 1. The molecule has 0 radical (unpaired) electrons. The number of hydrogen-bond donors (Lipinski definition) is 1. The van der Waals surface area contributed by atoms with Crippen LogP contribution in [0.2, 0.25) is 5.02 Å². The number of likely N-dealkylation sites (N-methyl/N-ethyl adjacent to an activating group) is 1. The van der Waals surface area contributed by atoms with Crippen LogP contribution in [-0.4, -0.2) is 65.6 Å². The Balaban J connectivity index is 1.43. The maximum atomic E-state index is 14.9. The number of halogens is 3. The van der Waals surface area contributed by atoms with E-state index < -0.39 is 23.1 Å². The third-order valence-corrected chi connectivity index (χ3v) is 6.11. The number of hydrogen-bond acceptors (Lipinski definition) is 7. The lowest BCUT2D eigenvalue weighted by atomic mass is 10.1. The highest BCUT2D eigenvalue weighted by molar-refractivity contribution is 7.18. The number of ether oxygens (including phenoxy) is 1. The van der Waals surface area contributed by atoms with E-state index in [1.807, 2.05) is 11.9 Å². The van der Waals surface area contributed by atoms with E-state index in [9.17, 15) is 13.6 Å². The van der Waals surface area contributed by atoms with E-state index in [-0.39, 0.29) is 19.0 Å². The summed E-state index contributed by atoms with van der Waals surface area (Å²) >= 11 is 7.19. The molecule has 0 unspecified atom stereocenters. The Hall–Kier alpha value is -2.40. The molecule has 0 bridgehead atoms. The predicted octanol–water partition coefficient (Wildman–Crippen LogP) is 3.14. The molecule has 164 valence electrons. The molecule has 1 aliphatic rings. The Morgan fingerprint density at radius 1 is 1.29 bits per heavy atom. The predicted molar refractivity (Wildman–Crippen MR) is 115 cm³/mol. The van der Waals surface area contributed by atoms with Crippen molar-refractivity contribution in [2.45, 2.75) is 6.61 Å². The highest BCUT2D eigenvalue weighted by atomic mass is 35.5. The zero-order valence-electron chi connectivity index (χ0n) is 16.7. The normalized spacial score (nSPS) is 15.4. The van der Waals surface area contributed by atoms with Gasteiger partial charge in [0.05, 0.1) is 11.7 Å². The van der Waals surface area contributed by atoms with Crippen LogP contribution >= 0.6 is 22.9 Å². The number of rotatable bonds is 6. The second-order valence-electron chi connectivity index (χ2n) is 7.19. The van der Waals surface area contributed by atoms with E-state index in [0.29, 0.717) is 20.4 Å². The van der Waals surface area contributed by atoms with Crippen LogP contribution in [0, 0.1) is 11.6 Å². The molecule has 1 amide bonds. The molecule has 3 aromatic rings. The molecule has 0 saturated carbocycles. The Kier molecular flexibility index (Phi) is 6.61. The molecule has 0 aliphatic carbocycles. The molecule has 1 N–H and O–H groups in total. The molecule has 0 spiro atoms. The third-order valence-electron chi connectivity index (χ3n) is 4.95. The number of nitrogens with one attached hydrogen (secondary N) is 1. The molecule has 3 heterocycles. The summed E-state index contributed by atoms with van der Waals surface area (Å²) < 4.78 is 34.6. The summed E-state index contributed by atoms with van der Waals surface area (Å²) in [6.45, 7) is 3.45. The number of fused-ring (bicyclic) bond motifs is 1. The van der Waals surface area contributed by atoms with Crippen LogP contribution < -0.4 is 10.1 Å². The van der Waals surface area contributed by atoms with E-state index in [2.05, 4.69) is 20.2 Å². The van der Waals surface area contributed by atoms with Crippen LogP contribution in [0.1, 0.15) is 15.4 Å². The maximum Gasteiger partial charge on any atom is 0.258 e. The molecule has 1 saturated heterocycles. The average Bonchev–Trinajstić information content (AvgIpc) is 3.15. The minimum atomic E-state index is -1.04. The fraction of sp³-hybridized carbons (Fsp3) is 0.350. The van der Waals surface area contributed by atoms with Gasteiger partial charge in [-0.1, -0.05) is 22.9 Å². The highest BCUT2D eigenvalue weighted by Gasteiger charge is 2.23. The molecule has 1 aliphatic heterocycles. The van der Waals surface area contributed by atoms with Gasteiger partial charge in [-0.3, -0.25) is 9.69 Å². The molecule has 31 heavy (non-hydrogen) atoms. The number of carbonyl (C=O) groups is 1. The SMILES string of the molecule is CN1CCN(CNC(=O)c2c(F)ccc(OCc3nc4cc(Cl)cnc4s3)c2F)CC1. The summed E-state index contributed by atoms with van der Waals surface area (Å²) in [5, 5.41) is 3.60. The Labute approximate surface area is 186 Å². The van der Waals surface area contributed by atoms with Crippen LogP contribution in [-0.2, 0) is 6.61 Å². The lowest BCUT2D eigenvalue weighted by Crippen LogP contribution is -2.48. The van der Waals surface area contributed by atoms with Gasteiger partial charge in [0.15, 0.2) is 11.6 Å². The van der Waals surface area contributed by atoms with Crippen molar-refractivity contribution in [3.8, 4) is 5.75 Å². The van der Waals surface area contributed by atoms with Crippen molar-refractivity contribution in [3.05, 3.63) is 51.6 Å². The summed E-state index contributed by atoms with van der Waals surface area (Å²) in [7, 11) is 2.02. The van der Waals surface area contributed by atoms with Crippen LogP contribution in [0.4, 0.5) is 8.78 Å². The van der Waals surface area contributed by atoms with Crippen molar-refractivity contribution in [1.82, 2.24) is 25.1 Å². The van der Waals surface area contributed by atoms with Gasteiger partial charge in [-0.25, -0.2) is 18.7 Å². The Morgan fingerprint density at radius 2 is 2.06 bits per heavy atom.